The van der Waals surface area contributed by atoms with E-state index in [1.807, 2.05) is 6.07 Å². The molecule has 2 atom stereocenters. The molecule has 2 N–H and O–H groups in total. The summed E-state index contributed by atoms with van der Waals surface area (Å²) in [6, 6.07) is 4.94. The molecular formula is C15H21BrN2O3. The maximum absolute atomic E-state index is 10.9. The summed E-state index contributed by atoms with van der Waals surface area (Å²) in [7, 11) is 0. The number of aliphatic hydroxyl groups excluding tert-OH is 1. The summed E-state index contributed by atoms with van der Waals surface area (Å²) < 4.78 is 0.698. The van der Waals surface area contributed by atoms with E-state index in [4.69, 9.17) is 0 Å². The zero-order valence-corrected chi connectivity index (χ0v) is 13.7. The van der Waals surface area contributed by atoms with E-state index < -0.39 is 4.92 Å². The molecule has 5 nitrogen and oxygen atoms in total. The van der Waals surface area contributed by atoms with Crippen molar-refractivity contribution in [1.29, 1.82) is 0 Å². The number of hydrogen-bond acceptors (Lipinski definition) is 4. The van der Waals surface area contributed by atoms with Crippen molar-refractivity contribution in [3.05, 3.63) is 38.3 Å². The fourth-order valence-corrected chi connectivity index (χ4v) is 3.68. The Bertz CT molecular complexity index is 524. The number of hydrogen-bond donors (Lipinski definition) is 2. The third-order valence-corrected chi connectivity index (χ3v) is 4.67. The lowest BCUT2D eigenvalue weighted by atomic mass is 9.77. The maximum Gasteiger partial charge on any atom is 0.270 e. The van der Waals surface area contributed by atoms with Crippen molar-refractivity contribution in [3.63, 3.8) is 0 Å². The second-order valence-electron chi connectivity index (χ2n) is 6.07. The van der Waals surface area contributed by atoms with Crippen molar-refractivity contribution in [1.82, 2.24) is 5.32 Å². The van der Waals surface area contributed by atoms with Crippen molar-refractivity contribution in [2.24, 2.45) is 5.92 Å². The van der Waals surface area contributed by atoms with Crippen LogP contribution in [0.15, 0.2) is 22.7 Å². The highest BCUT2D eigenvalue weighted by molar-refractivity contribution is 9.10. The van der Waals surface area contributed by atoms with Gasteiger partial charge >= 0.3 is 0 Å². The second kappa shape index (κ2) is 6.85. The van der Waals surface area contributed by atoms with Crippen LogP contribution in [0, 0.1) is 16.0 Å². The third kappa shape index (κ3) is 4.25. The summed E-state index contributed by atoms with van der Waals surface area (Å²) >= 11 is 3.31. The Morgan fingerprint density at radius 2 is 2.29 bits per heavy atom. The van der Waals surface area contributed by atoms with Gasteiger partial charge in [0.15, 0.2) is 0 Å². The molecule has 0 spiro atoms. The number of rotatable bonds is 5. The van der Waals surface area contributed by atoms with Gasteiger partial charge in [0.05, 0.1) is 11.5 Å². The first kappa shape index (κ1) is 16.4. The smallest absolute Gasteiger partial charge is 0.270 e. The molecule has 1 saturated carbocycles. The minimum Gasteiger partial charge on any atom is -0.394 e. The highest BCUT2D eigenvalue weighted by atomic mass is 79.9. The quantitative estimate of drug-likeness (QED) is 0.626. The Balaban J connectivity index is 2.09. The van der Waals surface area contributed by atoms with E-state index in [9.17, 15) is 15.2 Å². The normalized spacial score (nSPS) is 25.8. The number of benzene rings is 1. The van der Waals surface area contributed by atoms with Crippen LogP contribution in [0.25, 0.3) is 0 Å². The molecule has 1 aliphatic carbocycles. The summed E-state index contributed by atoms with van der Waals surface area (Å²) in [5.74, 6) is 0.593. The van der Waals surface area contributed by atoms with E-state index >= 15 is 0 Å². The molecule has 1 aromatic carbocycles. The van der Waals surface area contributed by atoms with Gasteiger partial charge in [0.1, 0.15) is 0 Å². The van der Waals surface area contributed by atoms with Gasteiger partial charge in [-0.05, 0) is 30.4 Å². The molecule has 6 heteroatoms. The van der Waals surface area contributed by atoms with Crippen LogP contribution in [0.2, 0.25) is 0 Å². The van der Waals surface area contributed by atoms with E-state index in [0.29, 0.717) is 16.9 Å². The third-order valence-electron chi connectivity index (χ3n) is 4.21. The molecule has 0 aliphatic heterocycles. The molecule has 2 unspecified atom stereocenters. The maximum atomic E-state index is 10.9. The Labute approximate surface area is 133 Å². The number of nitrogens with one attached hydrogen (secondary N) is 1. The summed E-state index contributed by atoms with van der Waals surface area (Å²) in [5, 5.41) is 24.1. The minimum absolute atomic E-state index is 0.0798. The number of non-ortho nitro benzene ring substituents is 1. The van der Waals surface area contributed by atoms with Gasteiger partial charge in [0, 0.05) is 28.7 Å². The molecule has 0 heterocycles. The van der Waals surface area contributed by atoms with Crippen molar-refractivity contribution < 1.29 is 10.0 Å². The van der Waals surface area contributed by atoms with Crippen LogP contribution in [-0.4, -0.2) is 22.2 Å². The predicted octanol–water partition coefficient (Wildman–Crippen LogP) is 3.39. The van der Waals surface area contributed by atoms with E-state index in [2.05, 4.69) is 28.2 Å². The van der Waals surface area contributed by atoms with Crippen LogP contribution in [0.5, 0.6) is 0 Å². The molecule has 1 fully saturated rings. The van der Waals surface area contributed by atoms with Gasteiger partial charge in [-0.1, -0.05) is 35.7 Å². The Kier molecular flexibility index (Phi) is 5.35. The first-order valence-electron chi connectivity index (χ1n) is 7.24. The van der Waals surface area contributed by atoms with Gasteiger partial charge in [-0.2, -0.15) is 0 Å². The Morgan fingerprint density at radius 1 is 1.52 bits per heavy atom. The van der Waals surface area contributed by atoms with Crippen LogP contribution in [-0.2, 0) is 6.54 Å². The number of aliphatic hydroxyl groups is 1. The van der Waals surface area contributed by atoms with Crippen molar-refractivity contribution in [2.75, 3.05) is 6.61 Å². The van der Waals surface area contributed by atoms with Crippen LogP contribution in [0.3, 0.4) is 0 Å². The molecule has 116 valence electrons. The van der Waals surface area contributed by atoms with Crippen molar-refractivity contribution in [3.8, 4) is 0 Å². The van der Waals surface area contributed by atoms with Gasteiger partial charge in [-0.3, -0.25) is 10.1 Å². The highest BCUT2D eigenvalue weighted by Gasteiger charge is 2.33. The van der Waals surface area contributed by atoms with Crippen LogP contribution < -0.4 is 5.32 Å². The topological polar surface area (TPSA) is 75.4 Å². The minimum atomic E-state index is -0.390. The number of nitrogens with zero attached hydrogens (tertiary/aromatic N) is 1. The molecule has 21 heavy (non-hydrogen) atoms. The van der Waals surface area contributed by atoms with Crippen LogP contribution in [0.1, 0.15) is 38.2 Å². The summed E-state index contributed by atoms with van der Waals surface area (Å²) in [6.45, 7) is 2.83. The lowest BCUT2D eigenvalue weighted by Gasteiger charge is -2.39. The fourth-order valence-electron chi connectivity index (χ4n) is 3.15. The second-order valence-corrected chi connectivity index (χ2v) is 6.98. The summed E-state index contributed by atoms with van der Waals surface area (Å²) in [6.07, 6.45) is 4.20. The summed E-state index contributed by atoms with van der Waals surface area (Å²) in [5.41, 5.74) is 0.674. The van der Waals surface area contributed by atoms with E-state index in [1.165, 1.54) is 12.5 Å². The number of halogens is 1. The average molecular weight is 357 g/mol. The molecule has 1 aromatic rings. The molecule has 0 radical (unpaired) electrons. The number of nitro groups is 1. The van der Waals surface area contributed by atoms with E-state index in [0.717, 1.165) is 24.8 Å². The lowest BCUT2D eigenvalue weighted by Crippen LogP contribution is -2.51. The van der Waals surface area contributed by atoms with Crippen LogP contribution in [0.4, 0.5) is 5.69 Å². The Hall–Kier alpha value is -0.980. The fraction of sp³-hybridized carbons (Fsp3) is 0.600. The average Bonchev–Trinajstić information content (AvgIpc) is 2.44. The largest absolute Gasteiger partial charge is 0.394 e. The van der Waals surface area contributed by atoms with Gasteiger partial charge in [-0.15, -0.1) is 0 Å². The van der Waals surface area contributed by atoms with Crippen molar-refractivity contribution >= 4 is 21.6 Å². The van der Waals surface area contributed by atoms with Gasteiger partial charge in [0.2, 0.25) is 0 Å². The highest BCUT2D eigenvalue weighted by Crippen LogP contribution is 2.32. The Morgan fingerprint density at radius 3 is 2.90 bits per heavy atom. The van der Waals surface area contributed by atoms with Gasteiger partial charge < -0.3 is 10.4 Å². The summed E-state index contributed by atoms with van der Waals surface area (Å²) in [4.78, 5) is 10.5. The first-order chi connectivity index (χ1) is 9.94. The molecule has 0 aromatic heterocycles. The lowest BCUT2D eigenvalue weighted by molar-refractivity contribution is -0.385. The standard InChI is InChI=1S/C15H21BrN2O3/c1-11-3-2-4-15(8-11,10-19)17-9-12-5-13(16)7-14(6-12)18(20)21/h5-7,11,17,19H,2-4,8-10H2,1H3. The van der Waals surface area contributed by atoms with E-state index in [-0.39, 0.29) is 17.8 Å². The SMILES string of the molecule is CC1CCCC(CO)(NCc2cc(Br)cc([N+](=O)[O-])c2)C1. The van der Waals surface area contributed by atoms with E-state index in [1.54, 1.807) is 6.07 Å². The number of nitro benzene ring substituents is 1. The molecule has 2 rings (SSSR count). The zero-order chi connectivity index (χ0) is 15.5. The first-order valence-corrected chi connectivity index (χ1v) is 8.03. The molecular weight excluding hydrogens is 336 g/mol. The zero-order valence-electron chi connectivity index (χ0n) is 12.1. The molecule has 1 aliphatic rings. The predicted molar refractivity (Wildman–Crippen MR) is 85.1 cm³/mol. The van der Waals surface area contributed by atoms with Crippen molar-refractivity contribution in [2.45, 2.75) is 44.7 Å². The van der Waals surface area contributed by atoms with Crippen LogP contribution >= 0.6 is 15.9 Å². The molecule has 0 bridgehead atoms. The molecule has 0 amide bonds. The monoisotopic (exact) mass is 356 g/mol. The van der Waals surface area contributed by atoms with Gasteiger partial charge in [-0.25, -0.2) is 0 Å². The molecule has 0 saturated heterocycles. The van der Waals surface area contributed by atoms with Gasteiger partial charge in [0.25, 0.3) is 5.69 Å².